The molecule has 1 N–H and O–H groups in total. The first-order valence-electron chi connectivity index (χ1n) is 5.62. The average Bonchev–Trinajstić information content (AvgIpc) is 2.19. The van der Waals surface area contributed by atoms with Gasteiger partial charge in [-0.3, -0.25) is 0 Å². The van der Waals surface area contributed by atoms with Gasteiger partial charge in [-0.25, -0.2) is 4.79 Å². The molecular formula is C12H18O3. The van der Waals surface area contributed by atoms with Gasteiger partial charge in [-0.15, -0.1) is 0 Å². The van der Waals surface area contributed by atoms with Gasteiger partial charge in [0.05, 0.1) is 6.10 Å². The predicted molar refractivity (Wildman–Crippen MR) is 56.1 cm³/mol. The number of hydrogen-bond donors (Lipinski definition) is 1. The summed E-state index contributed by atoms with van der Waals surface area (Å²) in [5.74, 6) is 0.397. The minimum atomic E-state index is -0.290. The molecule has 0 heterocycles. The zero-order valence-corrected chi connectivity index (χ0v) is 9.11. The third-order valence-electron chi connectivity index (χ3n) is 3.66. The minimum absolute atomic E-state index is 0.0105. The normalized spacial score (nSPS) is 38.8. The summed E-state index contributed by atoms with van der Waals surface area (Å²) >= 11 is 0. The van der Waals surface area contributed by atoms with Crippen LogP contribution >= 0.6 is 0 Å². The second kappa shape index (κ2) is 3.97. The highest BCUT2D eigenvalue weighted by molar-refractivity contribution is 5.87. The molecule has 15 heavy (non-hydrogen) atoms. The maximum Gasteiger partial charge on any atom is 0.333 e. The molecule has 0 aromatic carbocycles. The molecule has 0 saturated heterocycles. The maximum atomic E-state index is 11.4. The molecule has 3 heteroatoms. The number of carbonyl (C=O) groups is 1. The van der Waals surface area contributed by atoms with E-state index in [4.69, 9.17) is 4.74 Å². The molecule has 3 fully saturated rings. The van der Waals surface area contributed by atoms with E-state index < -0.39 is 0 Å². The zero-order valence-electron chi connectivity index (χ0n) is 9.11. The largest absolute Gasteiger partial charge is 0.459 e. The maximum absolute atomic E-state index is 11.4. The summed E-state index contributed by atoms with van der Waals surface area (Å²) in [6, 6.07) is 0. The molecule has 3 aliphatic rings. The first-order chi connectivity index (χ1) is 7.08. The fourth-order valence-corrected chi connectivity index (χ4v) is 2.73. The summed E-state index contributed by atoms with van der Waals surface area (Å²) < 4.78 is 5.39. The SMILES string of the molecule is C=C(C)C(=O)OC1CC2CCC1CC2O. The molecule has 0 spiro atoms. The van der Waals surface area contributed by atoms with Gasteiger partial charge in [-0.1, -0.05) is 6.58 Å². The summed E-state index contributed by atoms with van der Waals surface area (Å²) in [5.41, 5.74) is 0.456. The number of hydrogen-bond acceptors (Lipinski definition) is 3. The van der Waals surface area contributed by atoms with Crippen molar-refractivity contribution in [3.8, 4) is 0 Å². The van der Waals surface area contributed by atoms with Crippen molar-refractivity contribution >= 4 is 5.97 Å². The summed E-state index contributed by atoms with van der Waals surface area (Å²) in [6.45, 7) is 5.24. The van der Waals surface area contributed by atoms with Crippen molar-refractivity contribution in [2.24, 2.45) is 11.8 Å². The van der Waals surface area contributed by atoms with E-state index in [0.29, 0.717) is 17.4 Å². The fourth-order valence-electron chi connectivity index (χ4n) is 2.73. The lowest BCUT2D eigenvalue weighted by molar-refractivity contribution is -0.158. The second-order valence-corrected chi connectivity index (χ2v) is 4.86. The Morgan fingerprint density at radius 2 is 2.00 bits per heavy atom. The zero-order chi connectivity index (χ0) is 11.0. The van der Waals surface area contributed by atoms with Gasteiger partial charge >= 0.3 is 5.97 Å². The third-order valence-corrected chi connectivity index (χ3v) is 3.66. The lowest BCUT2D eigenvalue weighted by atomic mass is 9.67. The van der Waals surface area contributed by atoms with Crippen LogP contribution in [0.2, 0.25) is 0 Å². The van der Waals surface area contributed by atoms with Crippen LogP contribution in [0.5, 0.6) is 0 Å². The van der Waals surface area contributed by atoms with E-state index in [2.05, 4.69) is 6.58 Å². The van der Waals surface area contributed by atoms with Crippen LogP contribution in [-0.2, 0) is 9.53 Å². The lowest BCUT2D eigenvalue weighted by Crippen LogP contribution is -2.45. The van der Waals surface area contributed by atoms with E-state index in [1.54, 1.807) is 6.92 Å². The molecule has 0 aromatic heterocycles. The van der Waals surface area contributed by atoms with Crippen LogP contribution in [0.1, 0.15) is 32.6 Å². The minimum Gasteiger partial charge on any atom is -0.459 e. The van der Waals surface area contributed by atoms with Crippen LogP contribution < -0.4 is 0 Å². The van der Waals surface area contributed by atoms with E-state index in [1.807, 2.05) is 0 Å². The van der Waals surface area contributed by atoms with Crippen molar-refractivity contribution in [1.29, 1.82) is 0 Å². The highest BCUT2D eigenvalue weighted by atomic mass is 16.5. The summed E-state index contributed by atoms with van der Waals surface area (Å²) in [4.78, 5) is 11.4. The van der Waals surface area contributed by atoms with Crippen molar-refractivity contribution in [2.45, 2.75) is 44.8 Å². The predicted octanol–water partition coefficient (Wildman–Crippen LogP) is 1.66. The average molecular weight is 210 g/mol. The monoisotopic (exact) mass is 210 g/mol. The number of fused-ring (bicyclic) bond motifs is 3. The fraction of sp³-hybridized carbons (Fsp3) is 0.750. The Labute approximate surface area is 90.1 Å². The standard InChI is InChI=1S/C12H18O3/c1-7(2)12(14)15-11-6-8-3-4-9(11)5-10(8)13/h8-11,13H,1,3-6H2,2H3. The Hall–Kier alpha value is -0.830. The van der Waals surface area contributed by atoms with Gasteiger partial charge in [0, 0.05) is 5.57 Å². The highest BCUT2D eigenvalue weighted by Crippen LogP contribution is 2.42. The van der Waals surface area contributed by atoms with E-state index >= 15 is 0 Å². The molecule has 0 amide bonds. The number of carbonyl (C=O) groups excluding carboxylic acids is 1. The van der Waals surface area contributed by atoms with Crippen molar-refractivity contribution in [2.75, 3.05) is 0 Å². The van der Waals surface area contributed by atoms with Crippen LogP contribution in [0.25, 0.3) is 0 Å². The van der Waals surface area contributed by atoms with Crippen LogP contribution in [0.4, 0.5) is 0 Å². The van der Waals surface area contributed by atoms with Crippen LogP contribution in [0.3, 0.4) is 0 Å². The molecule has 0 aromatic rings. The van der Waals surface area contributed by atoms with Gasteiger partial charge in [-0.2, -0.15) is 0 Å². The topological polar surface area (TPSA) is 46.5 Å². The third kappa shape index (κ3) is 2.07. The molecule has 0 aliphatic heterocycles. The van der Waals surface area contributed by atoms with Crippen LogP contribution in [0.15, 0.2) is 12.2 Å². The van der Waals surface area contributed by atoms with Gasteiger partial charge in [0.2, 0.25) is 0 Å². The molecule has 4 atom stereocenters. The molecule has 3 aliphatic carbocycles. The Kier molecular flexibility index (Phi) is 2.83. The number of aliphatic hydroxyl groups excluding tert-OH is 1. The molecule has 0 radical (unpaired) electrons. The summed E-state index contributed by atoms with van der Waals surface area (Å²) in [6.07, 6.45) is 3.60. The van der Waals surface area contributed by atoms with Crippen molar-refractivity contribution in [3.05, 3.63) is 12.2 Å². The highest BCUT2D eigenvalue weighted by Gasteiger charge is 2.42. The molecule has 2 bridgehead atoms. The molecule has 84 valence electrons. The molecule has 3 saturated carbocycles. The lowest BCUT2D eigenvalue weighted by Gasteiger charge is -2.44. The van der Waals surface area contributed by atoms with Crippen molar-refractivity contribution in [1.82, 2.24) is 0 Å². The second-order valence-electron chi connectivity index (χ2n) is 4.86. The first kappa shape index (κ1) is 10.7. The van der Waals surface area contributed by atoms with Crippen molar-refractivity contribution in [3.63, 3.8) is 0 Å². The number of aliphatic hydroxyl groups is 1. The molecule has 3 rings (SSSR count). The Bertz CT molecular complexity index is 285. The molecule has 4 unspecified atom stereocenters. The number of esters is 1. The van der Waals surface area contributed by atoms with E-state index in [9.17, 15) is 9.90 Å². The van der Waals surface area contributed by atoms with E-state index in [0.717, 1.165) is 25.7 Å². The van der Waals surface area contributed by atoms with E-state index in [-0.39, 0.29) is 18.2 Å². The number of rotatable bonds is 2. The Morgan fingerprint density at radius 3 is 2.47 bits per heavy atom. The van der Waals surface area contributed by atoms with Gasteiger partial charge in [0.15, 0.2) is 0 Å². The van der Waals surface area contributed by atoms with E-state index in [1.165, 1.54) is 0 Å². The van der Waals surface area contributed by atoms with Gasteiger partial charge in [0.1, 0.15) is 6.10 Å². The van der Waals surface area contributed by atoms with Gasteiger partial charge in [0.25, 0.3) is 0 Å². The van der Waals surface area contributed by atoms with Crippen LogP contribution in [0, 0.1) is 11.8 Å². The Morgan fingerprint density at radius 1 is 1.33 bits per heavy atom. The van der Waals surface area contributed by atoms with Crippen molar-refractivity contribution < 1.29 is 14.6 Å². The molecule has 3 nitrogen and oxygen atoms in total. The smallest absolute Gasteiger partial charge is 0.333 e. The Balaban J connectivity index is 1.96. The summed E-state index contributed by atoms with van der Waals surface area (Å²) in [5, 5.41) is 9.70. The van der Waals surface area contributed by atoms with Crippen LogP contribution in [-0.4, -0.2) is 23.3 Å². The first-order valence-corrected chi connectivity index (χ1v) is 5.62. The summed E-state index contributed by atoms with van der Waals surface area (Å²) in [7, 11) is 0. The van der Waals surface area contributed by atoms with Gasteiger partial charge in [-0.05, 0) is 44.4 Å². The molecular weight excluding hydrogens is 192 g/mol. The van der Waals surface area contributed by atoms with Gasteiger partial charge < -0.3 is 9.84 Å². The quantitative estimate of drug-likeness (QED) is 0.557. The number of ether oxygens (including phenoxy) is 1.